The highest BCUT2D eigenvalue weighted by atomic mass is 35.5. The molecule has 2 fully saturated rings. The van der Waals surface area contributed by atoms with Gasteiger partial charge in [-0.15, -0.1) is 0 Å². The van der Waals surface area contributed by atoms with E-state index in [1.165, 1.54) is 11.6 Å². The molecule has 0 atom stereocenters. The van der Waals surface area contributed by atoms with Crippen molar-refractivity contribution in [2.75, 3.05) is 13.2 Å². The molecule has 0 bridgehead atoms. The van der Waals surface area contributed by atoms with E-state index in [9.17, 15) is 4.39 Å². The molecule has 0 spiro atoms. The summed E-state index contributed by atoms with van der Waals surface area (Å²) in [5.74, 6) is 1.08. The number of benzene rings is 2. The second-order valence-electron chi connectivity index (χ2n) is 8.18. The smallest absolute Gasteiger partial charge is 0.160 e. The van der Waals surface area contributed by atoms with E-state index in [0.29, 0.717) is 17.8 Å². The van der Waals surface area contributed by atoms with E-state index in [2.05, 4.69) is 36.4 Å². The molecule has 1 aliphatic heterocycles. The Bertz CT molecular complexity index is 832. The Hall–Kier alpha value is -1.68. The van der Waals surface area contributed by atoms with Gasteiger partial charge in [-0.05, 0) is 67.3 Å². The molecule has 4 heteroatoms. The third-order valence-corrected chi connectivity index (χ3v) is 6.51. The Morgan fingerprint density at radius 2 is 1.59 bits per heavy atom. The lowest BCUT2D eigenvalue weighted by molar-refractivity contribution is -0.222. The molecule has 4 rings (SSSR count). The van der Waals surface area contributed by atoms with E-state index in [-0.39, 0.29) is 17.1 Å². The molecular formula is C25H28ClFO2. The van der Waals surface area contributed by atoms with Crippen molar-refractivity contribution in [3.8, 4) is 11.1 Å². The minimum absolute atomic E-state index is 0.0420. The number of hydrogen-bond donors (Lipinski definition) is 0. The van der Waals surface area contributed by atoms with Crippen LogP contribution in [0.4, 0.5) is 4.39 Å². The van der Waals surface area contributed by atoms with Crippen molar-refractivity contribution < 1.29 is 13.9 Å². The lowest BCUT2D eigenvalue weighted by Crippen LogP contribution is -2.37. The fourth-order valence-electron chi connectivity index (χ4n) is 4.54. The van der Waals surface area contributed by atoms with Crippen LogP contribution in [0.1, 0.15) is 44.1 Å². The maximum atomic E-state index is 13.7. The molecular weight excluding hydrogens is 387 g/mol. The van der Waals surface area contributed by atoms with Gasteiger partial charge in [-0.3, -0.25) is 0 Å². The van der Waals surface area contributed by atoms with Gasteiger partial charge in [-0.1, -0.05) is 54.1 Å². The van der Waals surface area contributed by atoms with E-state index in [1.807, 2.05) is 13.0 Å². The van der Waals surface area contributed by atoms with E-state index < -0.39 is 0 Å². The van der Waals surface area contributed by atoms with Gasteiger partial charge >= 0.3 is 0 Å². The molecule has 154 valence electrons. The highest BCUT2D eigenvalue weighted by Gasteiger charge is 2.32. The Morgan fingerprint density at radius 3 is 2.21 bits per heavy atom. The van der Waals surface area contributed by atoms with Crippen molar-refractivity contribution in [3.05, 3.63) is 71.0 Å². The first-order chi connectivity index (χ1) is 14.1. The van der Waals surface area contributed by atoms with Crippen LogP contribution in [-0.4, -0.2) is 19.5 Å². The summed E-state index contributed by atoms with van der Waals surface area (Å²) < 4.78 is 25.7. The molecule has 0 N–H and O–H groups in total. The van der Waals surface area contributed by atoms with Gasteiger partial charge in [-0.25, -0.2) is 4.39 Å². The van der Waals surface area contributed by atoms with Crippen molar-refractivity contribution in [1.82, 2.24) is 0 Å². The zero-order chi connectivity index (χ0) is 20.2. The average Bonchev–Trinajstić information content (AvgIpc) is 2.77. The van der Waals surface area contributed by atoms with Gasteiger partial charge in [0, 0.05) is 11.8 Å². The predicted molar refractivity (Wildman–Crippen MR) is 116 cm³/mol. The highest BCUT2D eigenvalue weighted by Crippen LogP contribution is 2.39. The molecule has 0 amide bonds. The monoisotopic (exact) mass is 414 g/mol. The molecule has 29 heavy (non-hydrogen) atoms. The minimum atomic E-state index is -0.379. The van der Waals surface area contributed by atoms with Crippen LogP contribution in [0.5, 0.6) is 0 Å². The summed E-state index contributed by atoms with van der Waals surface area (Å²) in [5.41, 5.74) is 3.22. The van der Waals surface area contributed by atoms with Crippen LogP contribution in [0.3, 0.4) is 0 Å². The second kappa shape index (κ2) is 9.42. The van der Waals surface area contributed by atoms with E-state index >= 15 is 0 Å². The summed E-state index contributed by atoms with van der Waals surface area (Å²) in [6.45, 7) is 3.57. The van der Waals surface area contributed by atoms with Crippen molar-refractivity contribution in [2.45, 2.75) is 44.8 Å². The summed E-state index contributed by atoms with van der Waals surface area (Å²) in [7, 11) is 0. The van der Waals surface area contributed by atoms with Crippen LogP contribution < -0.4 is 0 Å². The van der Waals surface area contributed by atoms with Crippen molar-refractivity contribution in [3.63, 3.8) is 0 Å². The van der Waals surface area contributed by atoms with E-state index in [0.717, 1.165) is 50.0 Å². The molecule has 2 aromatic rings. The minimum Gasteiger partial charge on any atom is -0.352 e. The SMILES string of the molecule is CC=CC1COC(C2CCC(c3ccc(-c4ccc(Cl)c(F)c4)cc3)CC2)OC1. The van der Waals surface area contributed by atoms with Crippen LogP contribution in [0.25, 0.3) is 11.1 Å². The zero-order valence-electron chi connectivity index (χ0n) is 16.8. The van der Waals surface area contributed by atoms with Gasteiger partial charge in [0.05, 0.1) is 18.2 Å². The van der Waals surface area contributed by atoms with Gasteiger partial charge in [0.25, 0.3) is 0 Å². The molecule has 1 heterocycles. The molecule has 2 nitrogen and oxygen atoms in total. The van der Waals surface area contributed by atoms with Gasteiger partial charge in [-0.2, -0.15) is 0 Å². The van der Waals surface area contributed by atoms with Crippen LogP contribution in [0, 0.1) is 17.7 Å². The van der Waals surface area contributed by atoms with Gasteiger partial charge in [0.2, 0.25) is 0 Å². The highest BCUT2D eigenvalue weighted by molar-refractivity contribution is 6.30. The quantitative estimate of drug-likeness (QED) is 0.502. The first-order valence-corrected chi connectivity index (χ1v) is 10.9. The normalized spacial score (nSPS) is 28.0. The number of ether oxygens (including phenoxy) is 2. The summed E-state index contributed by atoms with van der Waals surface area (Å²) >= 11 is 5.79. The summed E-state index contributed by atoms with van der Waals surface area (Å²) in [5, 5.41) is 0.158. The fourth-order valence-corrected chi connectivity index (χ4v) is 4.65. The summed E-state index contributed by atoms with van der Waals surface area (Å²) in [6, 6.07) is 13.5. The molecule has 0 aromatic heterocycles. The molecule has 1 saturated carbocycles. The maximum absolute atomic E-state index is 13.7. The average molecular weight is 415 g/mol. The van der Waals surface area contributed by atoms with Crippen LogP contribution in [0.15, 0.2) is 54.6 Å². The number of allylic oxidation sites excluding steroid dienone is 1. The predicted octanol–water partition coefficient (Wildman–Crippen LogP) is 6.99. The first-order valence-electron chi connectivity index (χ1n) is 10.6. The molecule has 1 saturated heterocycles. The Kier molecular flexibility index (Phi) is 6.69. The molecule has 1 aliphatic carbocycles. The van der Waals surface area contributed by atoms with Crippen LogP contribution in [0.2, 0.25) is 5.02 Å². The summed E-state index contributed by atoms with van der Waals surface area (Å²) in [6.07, 6.45) is 8.76. The van der Waals surface area contributed by atoms with Crippen molar-refractivity contribution in [1.29, 1.82) is 0 Å². The third-order valence-electron chi connectivity index (χ3n) is 6.21. The lowest BCUT2D eigenvalue weighted by atomic mass is 9.78. The number of halogens is 2. The third kappa shape index (κ3) is 4.91. The molecule has 2 aliphatic rings. The first kappa shape index (κ1) is 20.6. The van der Waals surface area contributed by atoms with Gasteiger partial charge < -0.3 is 9.47 Å². The number of hydrogen-bond acceptors (Lipinski definition) is 2. The molecule has 0 unspecified atom stereocenters. The topological polar surface area (TPSA) is 18.5 Å². The standard InChI is InChI=1S/C25H28ClFO2/c1-2-3-17-15-28-25(29-16-17)21-10-8-19(9-11-21)18-4-6-20(7-5-18)22-12-13-23(26)24(27)14-22/h2-7,12-14,17,19,21,25H,8-11,15-16H2,1H3. The zero-order valence-corrected chi connectivity index (χ0v) is 17.6. The van der Waals surface area contributed by atoms with Crippen LogP contribution >= 0.6 is 11.6 Å². The number of rotatable bonds is 4. The Balaban J connectivity index is 1.32. The molecule has 0 radical (unpaired) electrons. The van der Waals surface area contributed by atoms with Crippen molar-refractivity contribution >= 4 is 11.6 Å². The molecule has 2 aromatic carbocycles. The van der Waals surface area contributed by atoms with E-state index in [1.54, 1.807) is 6.07 Å². The second-order valence-corrected chi connectivity index (χ2v) is 8.59. The van der Waals surface area contributed by atoms with Gasteiger partial charge in [0.15, 0.2) is 6.29 Å². The Labute approximate surface area is 177 Å². The fraction of sp³-hybridized carbons (Fsp3) is 0.440. The van der Waals surface area contributed by atoms with Crippen molar-refractivity contribution in [2.24, 2.45) is 11.8 Å². The van der Waals surface area contributed by atoms with E-state index in [4.69, 9.17) is 21.1 Å². The maximum Gasteiger partial charge on any atom is 0.160 e. The Morgan fingerprint density at radius 1 is 0.931 bits per heavy atom. The van der Waals surface area contributed by atoms with Crippen LogP contribution in [-0.2, 0) is 9.47 Å². The summed E-state index contributed by atoms with van der Waals surface area (Å²) in [4.78, 5) is 0. The van der Waals surface area contributed by atoms with Gasteiger partial charge in [0.1, 0.15) is 5.82 Å². The lowest BCUT2D eigenvalue weighted by Gasteiger charge is -2.37. The largest absolute Gasteiger partial charge is 0.352 e.